The minimum absolute atomic E-state index is 0.0520. The number of thiazole rings is 1. The minimum Gasteiger partial charge on any atom is -0.461 e. The smallest absolute Gasteiger partial charge is 0.367 e. The van der Waals surface area contributed by atoms with Crippen LogP contribution in [0.5, 0.6) is 0 Å². The molecule has 0 spiro atoms. The van der Waals surface area contributed by atoms with Crippen LogP contribution in [0.25, 0.3) is 33.3 Å². The molecule has 0 amide bonds. The molecule has 0 unspecified atom stereocenters. The minimum atomic E-state index is -0.609. The Hall–Kier alpha value is -3.05. The Labute approximate surface area is 274 Å². The Morgan fingerprint density at radius 2 is 1.57 bits per heavy atom. The van der Waals surface area contributed by atoms with Crippen LogP contribution in [0.3, 0.4) is 0 Å². The SMILES string of the molecule is CCOC(=O)C(N)=S.CCOC(=O)c1nc(-c2c[nH]c3ncc(Br)cc23)cs1.O=C(CBr)c1c[nH]c2ncc(Br)cc12. The zero-order valence-corrected chi connectivity index (χ0v) is 28.5. The van der Waals surface area contributed by atoms with E-state index >= 15 is 0 Å². The summed E-state index contributed by atoms with van der Waals surface area (Å²) in [5.74, 6) is -0.943. The number of carbonyl (C=O) groups is 3. The number of nitrogens with one attached hydrogen (secondary N) is 2. The van der Waals surface area contributed by atoms with E-state index < -0.39 is 5.97 Å². The summed E-state index contributed by atoms with van der Waals surface area (Å²) in [5.41, 5.74) is 8.73. The summed E-state index contributed by atoms with van der Waals surface area (Å²) < 4.78 is 11.1. The van der Waals surface area contributed by atoms with Gasteiger partial charge in [0.15, 0.2) is 10.8 Å². The summed E-state index contributed by atoms with van der Waals surface area (Å²) in [6.45, 7) is 4.12. The first-order valence-electron chi connectivity index (χ1n) is 12.0. The molecule has 42 heavy (non-hydrogen) atoms. The third kappa shape index (κ3) is 8.73. The molecule has 5 aromatic heterocycles. The quantitative estimate of drug-likeness (QED) is 0.0761. The van der Waals surface area contributed by atoms with Gasteiger partial charge in [-0.1, -0.05) is 28.1 Å². The number of alkyl halides is 1. The fourth-order valence-corrected chi connectivity index (χ4v) is 5.09. The number of thiocarbonyl (C=S) groups is 1. The molecule has 0 saturated heterocycles. The van der Waals surface area contributed by atoms with Crippen LogP contribution in [0.15, 0.2) is 51.2 Å². The number of nitrogens with zero attached hydrogens (tertiary/aromatic N) is 3. The number of fused-ring (bicyclic) bond motifs is 2. The number of aromatic nitrogens is 5. The van der Waals surface area contributed by atoms with E-state index in [9.17, 15) is 14.4 Å². The van der Waals surface area contributed by atoms with Crippen molar-refractivity contribution in [2.24, 2.45) is 5.73 Å². The van der Waals surface area contributed by atoms with E-state index in [0.29, 0.717) is 29.1 Å². The van der Waals surface area contributed by atoms with E-state index in [1.165, 1.54) is 11.3 Å². The van der Waals surface area contributed by atoms with Crippen LogP contribution < -0.4 is 5.73 Å². The molecule has 16 heteroatoms. The number of hydrogen-bond donors (Lipinski definition) is 3. The van der Waals surface area contributed by atoms with Crippen LogP contribution in [0.1, 0.15) is 34.0 Å². The highest BCUT2D eigenvalue weighted by Gasteiger charge is 2.16. The molecule has 0 aliphatic rings. The van der Waals surface area contributed by atoms with Crippen molar-refractivity contribution in [3.05, 3.63) is 61.8 Å². The third-order valence-corrected chi connectivity index (χ3v) is 7.49. The maximum atomic E-state index is 11.6. The Morgan fingerprint density at radius 1 is 0.976 bits per heavy atom. The van der Waals surface area contributed by atoms with Gasteiger partial charge in [-0.3, -0.25) is 4.79 Å². The van der Waals surface area contributed by atoms with Crippen LogP contribution in [0.4, 0.5) is 0 Å². The molecule has 5 rings (SSSR count). The number of ketones is 1. The summed E-state index contributed by atoms with van der Waals surface area (Å²) in [5, 5.41) is 4.34. The number of rotatable bonds is 6. The van der Waals surface area contributed by atoms with Gasteiger partial charge >= 0.3 is 11.9 Å². The van der Waals surface area contributed by atoms with Gasteiger partial charge in [-0.2, -0.15) is 0 Å². The van der Waals surface area contributed by atoms with Crippen molar-refractivity contribution in [3.8, 4) is 11.3 Å². The fraction of sp³-hybridized carbons (Fsp3) is 0.192. The number of hydrogen-bond acceptors (Lipinski definition) is 10. The number of carbonyl (C=O) groups excluding carboxylic acids is 3. The van der Waals surface area contributed by atoms with Crippen molar-refractivity contribution in [2.75, 3.05) is 18.5 Å². The molecule has 0 fully saturated rings. The fourth-order valence-electron chi connectivity index (χ4n) is 3.36. The lowest BCUT2D eigenvalue weighted by Gasteiger charge is -1.96. The number of esters is 2. The van der Waals surface area contributed by atoms with E-state index in [1.54, 1.807) is 32.4 Å². The molecule has 5 heterocycles. The lowest BCUT2D eigenvalue weighted by atomic mass is 10.2. The lowest BCUT2D eigenvalue weighted by molar-refractivity contribution is -0.134. The highest BCUT2D eigenvalue weighted by Crippen LogP contribution is 2.30. The zero-order valence-electron chi connectivity index (χ0n) is 22.1. The Morgan fingerprint density at radius 3 is 2.14 bits per heavy atom. The van der Waals surface area contributed by atoms with Gasteiger partial charge in [-0.15, -0.1) is 11.3 Å². The summed E-state index contributed by atoms with van der Waals surface area (Å²) in [4.78, 5) is 52.0. The number of nitrogens with two attached hydrogens (primary N) is 1. The number of halogens is 3. The van der Waals surface area contributed by atoms with Gasteiger partial charge in [0.05, 0.1) is 24.2 Å². The lowest BCUT2D eigenvalue weighted by Crippen LogP contribution is -2.23. The maximum absolute atomic E-state index is 11.6. The molecule has 0 saturated carbocycles. The zero-order chi connectivity index (χ0) is 30.8. The molecule has 0 aliphatic heterocycles. The largest absolute Gasteiger partial charge is 0.461 e. The van der Waals surface area contributed by atoms with Crippen molar-refractivity contribution in [2.45, 2.75) is 13.8 Å². The van der Waals surface area contributed by atoms with E-state index in [2.05, 4.69) is 89.7 Å². The standard InChI is InChI=1S/C13H10BrN3O2S.C9H6Br2N2O.C4H7NO2S/c1-2-19-13(18)12-17-10(6-20-12)9-5-16-11-8(9)3-7(14)4-15-11;10-2-8(14)7-4-13-9-6(7)1-5(11)3-12-9;1-2-7-4(6)3(5)8/h3-6H,2H2,1H3,(H,15,16);1,3-4H,2H2,(H,12,13);2H2,1H3,(H2,5,8). The summed E-state index contributed by atoms with van der Waals surface area (Å²) in [6.07, 6.45) is 6.96. The average Bonchev–Trinajstić information content (AvgIpc) is 3.71. The van der Waals surface area contributed by atoms with E-state index in [1.807, 2.05) is 23.7 Å². The van der Waals surface area contributed by atoms with E-state index in [4.69, 9.17) is 10.5 Å². The Bertz CT molecular complexity index is 1740. The average molecular weight is 803 g/mol. The molecule has 0 radical (unpaired) electrons. The number of pyridine rings is 2. The van der Waals surface area contributed by atoms with Gasteiger partial charge in [0.1, 0.15) is 11.3 Å². The van der Waals surface area contributed by atoms with Crippen LogP contribution in [0.2, 0.25) is 0 Å². The second kappa shape index (κ2) is 16.0. The first kappa shape index (κ1) is 33.5. The summed E-state index contributed by atoms with van der Waals surface area (Å²) in [7, 11) is 0. The van der Waals surface area contributed by atoms with Crippen molar-refractivity contribution < 1.29 is 23.9 Å². The molecule has 0 aromatic carbocycles. The van der Waals surface area contributed by atoms with Gasteiger partial charge in [0.2, 0.25) is 5.01 Å². The highest BCUT2D eigenvalue weighted by molar-refractivity contribution is 9.10. The number of ether oxygens (including phenoxy) is 2. The number of H-pyrrole nitrogens is 2. The molecular formula is C26H23Br3N6O5S2. The molecule has 5 aromatic rings. The Kier molecular flexibility index (Phi) is 12.7. The first-order valence-corrected chi connectivity index (χ1v) is 16.0. The summed E-state index contributed by atoms with van der Waals surface area (Å²) in [6, 6.07) is 3.85. The van der Waals surface area contributed by atoms with Crippen LogP contribution in [0, 0.1) is 0 Å². The summed E-state index contributed by atoms with van der Waals surface area (Å²) >= 11 is 15.4. The van der Waals surface area contributed by atoms with Crippen molar-refractivity contribution in [1.82, 2.24) is 24.9 Å². The van der Waals surface area contributed by atoms with Gasteiger partial charge in [0, 0.05) is 61.0 Å². The number of Topliss-reactive ketones (excluding diaryl/α,β-unsaturated/α-hetero) is 1. The molecule has 0 aliphatic carbocycles. The predicted octanol–water partition coefficient (Wildman–Crippen LogP) is 6.36. The maximum Gasteiger partial charge on any atom is 0.367 e. The van der Waals surface area contributed by atoms with E-state index in [0.717, 1.165) is 42.3 Å². The molecule has 0 atom stereocenters. The van der Waals surface area contributed by atoms with Crippen LogP contribution in [-0.2, 0) is 14.3 Å². The highest BCUT2D eigenvalue weighted by atomic mass is 79.9. The van der Waals surface area contributed by atoms with Gasteiger partial charge < -0.3 is 25.2 Å². The van der Waals surface area contributed by atoms with Crippen molar-refractivity contribution >= 4 is 116 Å². The van der Waals surface area contributed by atoms with Crippen LogP contribution in [-0.4, -0.2) is 66.2 Å². The van der Waals surface area contributed by atoms with Crippen LogP contribution >= 0.6 is 71.3 Å². The third-order valence-electron chi connectivity index (χ3n) is 5.12. The molecule has 220 valence electrons. The molecule has 11 nitrogen and oxygen atoms in total. The normalized spacial score (nSPS) is 10.3. The Balaban J connectivity index is 0.000000192. The molecule has 4 N–H and O–H groups in total. The van der Waals surface area contributed by atoms with Gasteiger partial charge in [-0.25, -0.2) is 24.5 Å². The van der Waals surface area contributed by atoms with Gasteiger partial charge in [0.25, 0.3) is 0 Å². The molecular weight excluding hydrogens is 780 g/mol. The van der Waals surface area contributed by atoms with Crippen molar-refractivity contribution in [3.63, 3.8) is 0 Å². The van der Waals surface area contributed by atoms with E-state index in [-0.39, 0.29) is 16.7 Å². The topological polar surface area (TPSA) is 166 Å². The second-order valence-electron chi connectivity index (χ2n) is 7.90. The molecule has 0 bridgehead atoms. The monoisotopic (exact) mass is 800 g/mol. The predicted molar refractivity (Wildman–Crippen MR) is 176 cm³/mol. The first-order chi connectivity index (χ1) is 20.1. The second-order valence-corrected chi connectivity index (χ2v) is 11.6. The van der Waals surface area contributed by atoms with Gasteiger partial charge in [-0.05, 0) is 57.8 Å². The number of aromatic amines is 2. The van der Waals surface area contributed by atoms with Crippen molar-refractivity contribution in [1.29, 1.82) is 0 Å².